The first-order valence-electron chi connectivity index (χ1n) is 6.68. The number of hydrogen-bond acceptors (Lipinski definition) is 4. The Morgan fingerprint density at radius 2 is 1.95 bits per heavy atom. The minimum absolute atomic E-state index is 0.112. The molecule has 0 aromatic carbocycles. The maximum Gasteiger partial charge on any atom is 0.316 e. The van der Waals surface area contributed by atoms with E-state index >= 15 is 0 Å². The zero-order valence-electron chi connectivity index (χ0n) is 12.0. The molecule has 0 saturated heterocycles. The lowest BCUT2D eigenvalue weighted by molar-refractivity contribution is 0.217. The lowest BCUT2D eigenvalue weighted by Gasteiger charge is -2.28. The summed E-state index contributed by atoms with van der Waals surface area (Å²) in [6.45, 7) is 1.22. The van der Waals surface area contributed by atoms with Crippen molar-refractivity contribution in [2.24, 2.45) is 0 Å². The topological polar surface area (TPSA) is 78.5 Å². The number of carbonyl (C=O) groups excluding carboxylic acids is 1. The van der Waals surface area contributed by atoms with E-state index in [1.807, 2.05) is 0 Å². The average Bonchev–Trinajstić information content (AvgIpc) is 2.33. The summed E-state index contributed by atoms with van der Waals surface area (Å²) in [5.41, 5.74) is 0. The molecule has 1 rings (SSSR count). The van der Waals surface area contributed by atoms with Crippen molar-refractivity contribution < 1.29 is 13.2 Å². The van der Waals surface area contributed by atoms with E-state index in [-0.39, 0.29) is 17.3 Å². The fourth-order valence-electron chi connectivity index (χ4n) is 2.32. The highest BCUT2D eigenvalue weighted by Crippen LogP contribution is 2.23. The molecule has 1 aliphatic rings. The van der Waals surface area contributed by atoms with Crippen molar-refractivity contribution in [1.29, 1.82) is 0 Å². The minimum Gasteiger partial charge on any atom is -0.337 e. The summed E-state index contributed by atoms with van der Waals surface area (Å²) in [7, 11) is 0.460. The van der Waals surface area contributed by atoms with Crippen LogP contribution in [-0.4, -0.2) is 64.1 Å². The van der Waals surface area contributed by atoms with Crippen molar-refractivity contribution >= 4 is 15.9 Å². The van der Waals surface area contributed by atoms with Crippen LogP contribution in [0.4, 0.5) is 4.79 Å². The Bertz CT molecular complexity index is 395. The molecule has 2 unspecified atom stereocenters. The molecule has 1 aliphatic carbocycles. The maximum absolute atomic E-state index is 11.5. The monoisotopic (exact) mass is 291 g/mol. The van der Waals surface area contributed by atoms with Crippen LogP contribution < -0.4 is 10.6 Å². The number of hydrogen-bond donors (Lipinski definition) is 2. The molecule has 0 radical (unpaired) electrons. The molecule has 6 nitrogen and oxygen atoms in total. The van der Waals surface area contributed by atoms with Crippen LogP contribution in [-0.2, 0) is 9.84 Å². The Balaban J connectivity index is 2.25. The van der Waals surface area contributed by atoms with Crippen molar-refractivity contribution in [3.05, 3.63) is 0 Å². The van der Waals surface area contributed by atoms with Crippen LogP contribution in [0, 0.1) is 0 Å². The number of amides is 2. The van der Waals surface area contributed by atoms with E-state index in [9.17, 15) is 13.2 Å². The number of nitrogens with one attached hydrogen (secondary N) is 2. The Labute approximate surface area is 115 Å². The Hall–Kier alpha value is -0.820. The third kappa shape index (κ3) is 5.78. The van der Waals surface area contributed by atoms with Gasteiger partial charge in [-0.05, 0) is 19.3 Å². The van der Waals surface area contributed by atoms with Crippen LogP contribution in [0.5, 0.6) is 0 Å². The molecule has 0 aromatic heterocycles. The van der Waals surface area contributed by atoms with E-state index in [4.69, 9.17) is 0 Å². The molecule has 0 aliphatic heterocycles. The minimum atomic E-state index is -2.93. The Morgan fingerprint density at radius 1 is 1.26 bits per heavy atom. The zero-order valence-corrected chi connectivity index (χ0v) is 12.8. The second kappa shape index (κ2) is 7.09. The van der Waals surface area contributed by atoms with Gasteiger partial charge in [0.25, 0.3) is 0 Å². The van der Waals surface area contributed by atoms with Gasteiger partial charge in [0, 0.05) is 39.5 Å². The molecule has 7 heteroatoms. The van der Waals surface area contributed by atoms with Crippen molar-refractivity contribution in [2.75, 3.05) is 33.4 Å². The van der Waals surface area contributed by atoms with Crippen LogP contribution in [0.2, 0.25) is 0 Å². The first-order chi connectivity index (χ1) is 8.80. The quantitative estimate of drug-likeness (QED) is 0.710. The van der Waals surface area contributed by atoms with Gasteiger partial charge in [0.05, 0.1) is 5.25 Å². The highest BCUT2D eigenvalue weighted by molar-refractivity contribution is 7.91. The largest absolute Gasteiger partial charge is 0.337 e. The summed E-state index contributed by atoms with van der Waals surface area (Å²) in [5.74, 6) is 0. The molecular formula is C12H25N3O3S. The molecule has 0 heterocycles. The summed E-state index contributed by atoms with van der Waals surface area (Å²) in [6, 6.07) is 0.129. The van der Waals surface area contributed by atoms with Crippen LogP contribution in [0.25, 0.3) is 0 Å². The third-order valence-electron chi connectivity index (χ3n) is 3.47. The molecule has 2 amide bonds. The standard InChI is InChI=1S/C12H25N3O3S/c1-15(2)12(16)14-8-7-13-10-5-4-6-11(9-10)19(3,17)18/h10-11,13H,4-9H2,1-3H3,(H,14,16). The van der Waals surface area contributed by atoms with Gasteiger partial charge in [-0.25, -0.2) is 13.2 Å². The van der Waals surface area contributed by atoms with Crippen LogP contribution >= 0.6 is 0 Å². The predicted molar refractivity (Wildman–Crippen MR) is 76.0 cm³/mol. The van der Waals surface area contributed by atoms with Crippen molar-refractivity contribution in [1.82, 2.24) is 15.5 Å². The van der Waals surface area contributed by atoms with Gasteiger partial charge in [-0.2, -0.15) is 0 Å². The highest BCUT2D eigenvalue weighted by atomic mass is 32.2. The molecular weight excluding hydrogens is 266 g/mol. The van der Waals surface area contributed by atoms with E-state index in [1.54, 1.807) is 14.1 Å². The van der Waals surface area contributed by atoms with E-state index in [0.717, 1.165) is 19.3 Å². The van der Waals surface area contributed by atoms with Gasteiger partial charge in [-0.15, -0.1) is 0 Å². The van der Waals surface area contributed by atoms with Gasteiger partial charge in [0.1, 0.15) is 9.84 Å². The smallest absolute Gasteiger partial charge is 0.316 e. The predicted octanol–water partition coefficient (Wildman–Crippen LogP) is 0.203. The van der Waals surface area contributed by atoms with Crippen LogP contribution in [0.3, 0.4) is 0 Å². The van der Waals surface area contributed by atoms with E-state index in [2.05, 4.69) is 10.6 Å². The number of sulfone groups is 1. The summed E-state index contributed by atoms with van der Waals surface area (Å²) >= 11 is 0. The second-order valence-corrected chi connectivity index (χ2v) is 7.72. The SMILES string of the molecule is CN(C)C(=O)NCCNC1CCCC(S(C)(=O)=O)C1. The second-order valence-electron chi connectivity index (χ2n) is 5.40. The molecule has 112 valence electrons. The number of rotatable bonds is 5. The maximum atomic E-state index is 11.5. The molecule has 2 atom stereocenters. The summed E-state index contributed by atoms with van der Waals surface area (Å²) in [6.07, 6.45) is 4.72. The number of carbonyl (C=O) groups is 1. The summed E-state index contributed by atoms with van der Waals surface area (Å²) < 4.78 is 23.1. The van der Waals surface area contributed by atoms with Gasteiger partial charge in [0.2, 0.25) is 0 Å². The van der Waals surface area contributed by atoms with Gasteiger partial charge in [-0.3, -0.25) is 0 Å². The van der Waals surface area contributed by atoms with Crippen LogP contribution in [0.15, 0.2) is 0 Å². The molecule has 2 N–H and O–H groups in total. The van der Waals surface area contributed by atoms with Gasteiger partial charge >= 0.3 is 6.03 Å². The lowest BCUT2D eigenvalue weighted by atomic mass is 9.95. The first-order valence-corrected chi connectivity index (χ1v) is 8.63. The summed E-state index contributed by atoms with van der Waals surface area (Å²) in [5, 5.41) is 5.88. The molecule has 19 heavy (non-hydrogen) atoms. The fraction of sp³-hybridized carbons (Fsp3) is 0.917. The first kappa shape index (κ1) is 16.2. The Morgan fingerprint density at radius 3 is 2.53 bits per heavy atom. The van der Waals surface area contributed by atoms with Gasteiger partial charge < -0.3 is 15.5 Å². The van der Waals surface area contributed by atoms with Gasteiger partial charge in [-0.1, -0.05) is 6.42 Å². The summed E-state index contributed by atoms with van der Waals surface area (Å²) in [4.78, 5) is 12.8. The molecule has 0 aromatic rings. The molecule has 0 spiro atoms. The van der Waals surface area contributed by atoms with Crippen LogP contribution in [0.1, 0.15) is 25.7 Å². The lowest BCUT2D eigenvalue weighted by Crippen LogP contribution is -2.43. The number of urea groups is 1. The van der Waals surface area contributed by atoms with Crippen molar-refractivity contribution in [3.63, 3.8) is 0 Å². The zero-order chi connectivity index (χ0) is 14.5. The fourth-order valence-corrected chi connectivity index (χ4v) is 3.50. The third-order valence-corrected chi connectivity index (χ3v) is 5.11. The van der Waals surface area contributed by atoms with E-state index in [1.165, 1.54) is 11.2 Å². The molecule has 1 saturated carbocycles. The highest BCUT2D eigenvalue weighted by Gasteiger charge is 2.28. The Kier molecular flexibility index (Phi) is 6.06. The van der Waals surface area contributed by atoms with E-state index < -0.39 is 9.84 Å². The average molecular weight is 291 g/mol. The van der Waals surface area contributed by atoms with Crippen molar-refractivity contribution in [3.8, 4) is 0 Å². The molecule has 1 fully saturated rings. The molecule has 0 bridgehead atoms. The van der Waals surface area contributed by atoms with Crippen molar-refractivity contribution in [2.45, 2.75) is 37.0 Å². The normalized spacial score (nSPS) is 23.9. The number of nitrogens with zero attached hydrogens (tertiary/aromatic N) is 1. The van der Waals surface area contributed by atoms with E-state index in [0.29, 0.717) is 19.5 Å². The van der Waals surface area contributed by atoms with Gasteiger partial charge in [0.15, 0.2) is 0 Å².